The van der Waals surface area contributed by atoms with E-state index in [2.05, 4.69) is 15.1 Å². The third-order valence-corrected chi connectivity index (χ3v) is 5.74. The highest BCUT2D eigenvalue weighted by atomic mass is 32.1. The number of likely N-dealkylation sites (tertiary alicyclic amines) is 1. The van der Waals surface area contributed by atoms with Gasteiger partial charge < -0.3 is 9.42 Å². The van der Waals surface area contributed by atoms with Crippen LogP contribution in [0.5, 0.6) is 0 Å². The number of carbonyl (C=O) groups excluding carboxylic acids is 1. The van der Waals surface area contributed by atoms with E-state index in [9.17, 15) is 4.79 Å². The highest BCUT2D eigenvalue weighted by molar-refractivity contribution is 7.09. The van der Waals surface area contributed by atoms with Crippen LogP contribution in [0.1, 0.15) is 41.8 Å². The topological polar surface area (TPSA) is 72.1 Å². The van der Waals surface area contributed by atoms with Crippen molar-refractivity contribution >= 4 is 17.2 Å². The van der Waals surface area contributed by atoms with Crippen LogP contribution in [-0.4, -0.2) is 32.5 Å². The summed E-state index contributed by atoms with van der Waals surface area (Å²) in [6.45, 7) is 2.73. The fourth-order valence-electron chi connectivity index (χ4n) is 3.33. The van der Waals surface area contributed by atoms with Crippen molar-refractivity contribution in [3.63, 3.8) is 0 Å². The monoisotopic (exact) mass is 368 g/mol. The van der Waals surface area contributed by atoms with Gasteiger partial charge in [0, 0.05) is 23.4 Å². The first-order valence-corrected chi connectivity index (χ1v) is 9.68. The summed E-state index contributed by atoms with van der Waals surface area (Å²) < 4.78 is 5.49. The zero-order chi connectivity index (χ0) is 17.9. The number of hydrogen-bond acceptors (Lipinski definition) is 6. The summed E-state index contributed by atoms with van der Waals surface area (Å²) in [5.74, 6) is 1.24. The summed E-state index contributed by atoms with van der Waals surface area (Å²) in [5, 5.41) is 4.09. The number of hydrogen-bond donors (Lipinski definition) is 0. The summed E-state index contributed by atoms with van der Waals surface area (Å²) in [4.78, 5) is 24.6. The van der Waals surface area contributed by atoms with Gasteiger partial charge in [-0.1, -0.05) is 35.5 Å². The Kier molecular flexibility index (Phi) is 4.79. The van der Waals surface area contributed by atoms with E-state index >= 15 is 0 Å². The summed E-state index contributed by atoms with van der Waals surface area (Å²) in [7, 11) is 0. The lowest BCUT2D eigenvalue weighted by Gasteiger charge is -2.21. The van der Waals surface area contributed by atoms with Crippen LogP contribution < -0.4 is 0 Å². The molecule has 1 aliphatic rings. The van der Waals surface area contributed by atoms with Crippen molar-refractivity contribution in [2.45, 2.75) is 38.6 Å². The van der Waals surface area contributed by atoms with Crippen LogP contribution in [0, 0.1) is 6.92 Å². The highest BCUT2D eigenvalue weighted by Crippen LogP contribution is 2.32. The van der Waals surface area contributed by atoms with Crippen LogP contribution in [0.4, 0.5) is 0 Å². The lowest BCUT2D eigenvalue weighted by Crippen LogP contribution is -2.30. The number of aromatic nitrogens is 3. The quantitative estimate of drug-likeness (QED) is 0.685. The molecule has 26 heavy (non-hydrogen) atoms. The molecule has 0 bridgehead atoms. The zero-order valence-electron chi connectivity index (χ0n) is 14.6. The maximum Gasteiger partial charge on any atom is 0.249 e. The van der Waals surface area contributed by atoms with Crippen molar-refractivity contribution < 1.29 is 9.32 Å². The Labute approximate surface area is 155 Å². The number of aryl methyl sites for hydroxylation is 2. The minimum absolute atomic E-state index is 0.116. The Morgan fingerprint density at radius 3 is 2.96 bits per heavy atom. The van der Waals surface area contributed by atoms with Gasteiger partial charge in [0.1, 0.15) is 6.04 Å². The molecule has 0 saturated carbocycles. The van der Waals surface area contributed by atoms with Crippen LogP contribution in [0.15, 0.2) is 40.4 Å². The Morgan fingerprint density at radius 1 is 1.35 bits per heavy atom. The molecule has 3 heterocycles. The predicted octanol–water partition coefficient (Wildman–Crippen LogP) is 3.80. The van der Waals surface area contributed by atoms with E-state index in [4.69, 9.17) is 4.52 Å². The predicted molar refractivity (Wildman–Crippen MR) is 98.6 cm³/mol. The van der Waals surface area contributed by atoms with Crippen LogP contribution in [0.3, 0.4) is 0 Å². The first kappa shape index (κ1) is 16.9. The highest BCUT2D eigenvalue weighted by Gasteiger charge is 2.33. The molecule has 0 spiro atoms. The van der Waals surface area contributed by atoms with Gasteiger partial charge in [0.25, 0.3) is 0 Å². The maximum absolute atomic E-state index is 12.7. The summed E-state index contributed by atoms with van der Waals surface area (Å²) in [6, 6.07) is 9.62. The van der Waals surface area contributed by atoms with Gasteiger partial charge in [0.05, 0.1) is 11.2 Å². The van der Waals surface area contributed by atoms with Gasteiger partial charge in [-0.25, -0.2) is 4.98 Å². The SMILES string of the molecule is Cc1ncsc1CCC(=O)N1CCC[C@@H]1c1nc(-c2ccccc2)no1. The summed E-state index contributed by atoms with van der Waals surface area (Å²) >= 11 is 1.61. The van der Waals surface area contributed by atoms with Crippen LogP contribution >= 0.6 is 11.3 Å². The van der Waals surface area contributed by atoms with Gasteiger partial charge in [-0.05, 0) is 26.2 Å². The second kappa shape index (κ2) is 7.37. The molecule has 1 amide bonds. The minimum atomic E-state index is -0.116. The van der Waals surface area contributed by atoms with Crippen molar-refractivity contribution in [3.8, 4) is 11.4 Å². The normalized spacial score (nSPS) is 17.0. The van der Waals surface area contributed by atoms with E-state index in [1.54, 1.807) is 11.3 Å². The van der Waals surface area contributed by atoms with Crippen molar-refractivity contribution in [3.05, 3.63) is 52.3 Å². The molecule has 1 atom stereocenters. The molecular formula is C19H20N4O2S. The average Bonchev–Trinajstić information content (AvgIpc) is 3.40. The molecule has 0 unspecified atom stereocenters. The molecule has 4 rings (SSSR count). The number of nitrogens with zero attached hydrogens (tertiary/aromatic N) is 4. The minimum Gasteiger partial charge on any atom is -0.337 e. The third-order valence-electron chi connectivity index (χ3n) is 4.74. The standard InChI is InChI=1S/C19H20N4O2S/c1-13-16(26-12-20-13)9-10-17(24)23-11-5-8-15(23)19-21-18(22-25-19)14-6-3-2-4-7-14/h2-4,6-7,12,15H,5,8-11H2,1H3/t15-/m1/s1. The Bertz CT molecular complexity index is 890. The molecule has 0 N–H and O–H groups in total. The molecule has 7 heteroatoms. The molecule has 6 nitrogen and oxygen atoms in total. The van der Waals surface area contributed by atoms with E-state index in [1.165, 1.54) is 4.88 Å². The molecule has 1 aliphatic heterocycles. The van der Waals surface area contributed by atoms with Crippen molar-refractivity contribution in [1.82, 2.24) is 20.0 Å². The number of amides is 1. The Balaban J connectivity index is 1.45. The van der Waals surface area contributed by atoms with E-state index in [0.717, 1.165) is 37.1 Å². The van der Waals surface area contributed by atoms with Gasteiger partial charge in [-0.3, -0.25) is 4.79 Å². The molecule has 1 fully saturated rings. The van der Waals surface area contributed by atoms with E-state index < -0.39 is 0 Å². The van der Waals surface area contributed by atoms with Crippen molar-refractivity contribution in [1.29, 1.82) is 0 Å². The van der Waals surface area contributed by atoms with E-state index in [0.29, 0.717) is 18.1 Å². The molecule has 0 radical (unpaired) electrons. The molecule has 0 aliphatic carbocycles. The van der Waals surface area contributed by atoms with Crippen LogP contribution in [0.25, 0.3) is 11.4 Å². The summed E-state index contributed by atoms with van der Waals surface area (Å²) in [5.41, 5.74) is 3.77. The second-order valence-corrected chi connectivity index (χ2v) is 7.37. The lowest BCUT2D eigenvalue weighted by atomic mass is 10.2. The average molecular weight is 368 g/mol. The Morgan fingerprint density at radius 2 is 2.19 bits per heavy atom. The number of rotatable bonds is 5. The number of benzene rings is 1. The third kappa shape index (κ3) is 3.39. The van der Waals surface area contributed by atoms with Gasteiger partial charge >= 0.3 is 0 Å². The first-order valence-electron chi connectivity index (χ1n) is 8.80. The van der Waals surface area contributed by atoms with Crippen molar-refractivity contribution in [2.24, 2.45) is 0 Å². The zero-order valence-corrected chi connectivity index (χ0v) is 15.4. The van der Waals surface area contributed by atoms with Gasteiger partial charge in [-0.15, -0.1) is 11.3 Å². The Hall–Kier alpha value is -2.54. The van der Waals surface area contributed by atoms with Crippen LogP contribution in [0.2, 0.25) is 0 Å². The second-order valence-electron chi connectivity index (χ2n) is 6.43. The smallest absolute Gasteiger partial charge is 0.249 e. The number of thiazole rings is 1. The van der Waals surface area contributed by atoms with E-state index in [-0.39, 0.29) is 11.9 Å². The molecule has 2 aromatic heterocycles. The van der Waals surface area contributed by atoms with Gasteiger partial charge in [0.15, 0.2) is 0 Å². The molecule has 1 saturated heterocycles. The fourth-order valence-corrected chi connectivity index (χ4v) is 4.11. The maximum atomic E-state index is 12.7. The number of carbonyl (C=O) groups is 1. The summed E-state index contributed by atoms with van der Waals surface area (Å²) in [6.07, 6.45) is 3.04. The first-order chi connectivity index (χ1) is 12.7. The van der Waals surface area contributed by atoms with Gasteiger partial charge in [-0.2, -0.15) is 4.98 Å². The molecule has 1 aromatic carbocycles. The molecular weight excluding hydrogens is 348 g/mol. The largest absolute Gasteiger partial charge is 0.337 e. The fraction of sp³-hybridized carbons (Fsp3) is 0.368. The lowest BCUT2D eigenvalue weighted by molar-refractivity contribution is -0.132. The van der Waals surface area contributed by atoms with Gasteiger partial charge in [0.2, 0.25) is 17.6 Å². The van der Waals surface area contributed by atoms with Crippen LogP contribution in [-0.2, 0) is 11.2 Å². The van der Waals surface area contributed by atoms with E-state index in [1.807, 2.05) is 47.7 Å². The molecule has 134 valence electrons. The van der Waals surface area contributed by atoms with Crippen molar-refractivity contribution in [2.75, 3.05) is 6.54 Å². The molecule has 3 aromatic rings.